The van der Waals surface area contributed by atoms with Crippen molar-refractivity contribution < 1.29 is 19.4 Å². The number of epoxide rings is 1. The highest BCUT2D eigenvalue weighted by Crippen LogP contribution is 2.70. The predicted molar refractivity (Wildman–Crippen MR) is 67.2 cm³/mol. The van der Waals surface area contributed by atoms with Gasteiger partial charge >= 0.3 is 5.97 Å². The molecule has 2 saturated carbocycles. The minimum Gasteiger partial charge on any atom is -0.458 e. The molecular formula is C15H20O4. The molecule has 2 heterocycles. The third-order valence-electron chi connectivity index (χ3n) is 5.98. The van der Waals surface area contributed by atoms with Crippen LogP contribution in [0.15, 0.2) is 12.2 Å². The lowest BCUT2D eigenvalue weighted by Gasteiger charge is -2.50. The van der Waals surface area contributed by atoms with Crippen molar-refractivity contribution in [1.82, 2.24) is 0 Å². The summed E-state index contributed by atoms with van der Waals surface area (Å²) in [6, 6.07) is 0. The Bertz CT molecular complexity index is 487. The van der Waals surface area contributed by atoms with Gasteiger partial charge in [0.2, 0.25) is 0 Å². The Hall–Kier alpha value is -0.870. The van der Waals surface area contributed by atoms with Crippen molar-refractivity contribution in [2.45, 2.75) is 57.0 Å². The van der Waals surface area contributed by atoms with E-state index >= 15 is 0 Å². The molecule has 0 radical (unpaired) electrons. The van der Waals surface area contributed by atoms with Gasteiger partial charge in [-0.1, -0.05) is 20.4 Å². The maximum absolute atomic E-state index is 11.7. The predicted octanol–water partition coefficient (Wildman–Crippen LogP) is 1.42. The van der Waals surface area contributed by atoms with Gasteiger partial charge in [-0.05, 0) is 25.2 Å². The molecule has 0 aromatic carbocycles. The number of hydrogen-bond acceptors (Lipinski definition) is 4. The van der Waals surface area contributed by atoms with E-state index in [1.165, 1.54) is 0 Å². The zero-order valence-electron chi connectivity index (χ0n) is 11.4. The Labute approximate surface area is 112 Å². The smallest absolute Gasteiger partial charge is 0.334 e. The van der Waals surface area contributed by atoms with Crippen molar-refractivity contribution in [1.29, 1.82) is 0 Å². The fourth-order valence-electron chi connectivity index (χ4n) is 5.22. The lowest BCUT2D eigenvalue weighted by molar-refractivity contribution is -0.143. The van der Waals surface area contributed by atoms with Gasteiger partial charge in [-0.2, -0.15) is 0 Å². The number of aliphatic hydroxyl groups is 1. The summed E-state index contributed by atoms with van der Waals surface area (Å²) in [6.45, 7) is 8.22. The zero-order valence-corrected chi connectivity index (χ0v) is 11.4. The fourth-order valence-corrected chi connectivity index (χ4v) is 5.22. The normalized spacial score (nSPS) is 59.0. The van der Waals surface area contributed by atoms with Crippen LogP contribution < -0.4 is 0 Å². The number of carbonyl (C=O) groups excluding carboxylic acids is 1. The maximum atomic E-state index is 11.7. The standard InChI is InChI=1S/C15H20O4/c1-7-4-9(16)5-14(3)6-10-11(8(2)13(17)18-10)12-15(7,14)19-12/h7,9-12,16H,2,4-6H2,1,3H3/t7-,9-,10+,11+,12-,14+,15-/m0/s1. The Morgan fingerprint density at radius 2 is 2.16 bits per heavy atom. The molecule has 4 aliphatic rings. The van der Waals surface area contributed by atoms with Crippen LogP contribution in [0.2, 0.25) is 0 Å². The summed E-state index contributed by atoms with van der Waals surface area (Å²) in [5.74, 6) is 0.0741. The van der Waals surface area contributed by atoms with Gasteiger partial charge in [-0.15, -0.1) is 0 Å². The number of fused-ring (bicyclic) bond motifs is 2. The highest BCUT2D eigenvalue weighted by atomic mass is 16.6. The molecule has 4 rings (SSSR count). The van der Waals surface area contributed by atoms with Crippen molar-refractivity contribution in [2.24, 2.45) is 17.3 Å². The van der Waals surface area contributed by atoms with Crippen molar-refractivity contribution in [3.8, 4) is 0 Å². The minimum atomic E-state index is -0.271. The molecule has 0 bridgehead atoms. The van der Waals surface area contributed by atoms with Gasteiger partial charge in [-0.3, -0.25) is 0 Å². The summed E-state index contributed by atoms with van der Waals surface area (Å²) in [5, 5.41) is 10.1. The lowest BCUT2D eigenvalue weighted by atomic mass is 9.53. The molecule has 104 valence electrons. The van der Waals surface area contributed by atoms with Gasteiger partial charge in [0.1, 0.15) is 11.7 Å². The van der Waals surface area contributed by atoms with Crippen LogP contribution in [0.25, 0.3) is 0 Å². The molecule has 0 unspecified atom stereocenters. The summed E-state index contributed by atoms with van der Waals surface area (Å²) in [4.78, 5) is 11.7. The Kier molecular flexibility index (Phi) is 2.03. The third kappa shape index (κ3) is 1.20. The maximum Gasteiger partial charge on any atom is 0.334 e. The van der Waals surface area contributed by atoms with Crippen molar-refractivity contribution in [3.05, 3.63) is 12.2 Å². The molecule has 4 heteroatoms. The molecule has 2 saturated heterocycles. The van der Waals surface area contributed by atoms with E-state index in [-0.39, 0.29) is 41.2 Å². The van der Waals surface area contributed by atoms with Gasteiger partial charge in [-0.25, -0.2) is 4.79 Å². The molecule has 19 heavy (non-hydrogen) atoms. The zero-order chi connectivity index (χ0) is 13.6. The summed E-state index contributed by atoms with van der Waals surface area (Å²) >= 11 is 0. The van der Waals surface area contributed by atoms with Crippen LogP contribution in [0.3, 0.4) is 0 Å². The van der Waals surface area contributed by atoms with Gasteiger partial charge in [0, 0.05) is 11.0 Å². The quantitative estimate of drug-likeness (QED) is 0.408. The molecule has 2 aliphatic heterocycles. The number of rotatable bonds is 0. The summed E-state index contributed by atoms with van der Waals surface area (Å²) < 4.78 is 11.6. The van der Waals surface area contributed by atoms with Crippen LogP contribution in [0.5, 0.6) is 0 Å². The highest BCUT2D eigenvalue weighted by Gasteiger charge is 2.78. The van der Waals surface area contributed by atoms with Gasteiger partial charge in [0.15, 0.2) is 0 Å². The molecule has 0 aromatic rings. The van der Waals surface area contributed by atoms with E-state index in [0.717, 1.165) is 19.3 Å². The molecule has 7 atom stereocenters. The third-order valence-corrected chi connectivity index (χ3v) is 5.98. The SMILES string of the molecule is C=C1C(=O)O[C@@H]2C[C@@]3(C)C[C@@H](O)C[C@H](C)[C@@]34O[C@H]4[C@H]12. The van der Waals surface area contributed by atoms with E-state index in [4.69, 9.17) is 9.47 Å². The Morgan fingerprint density at radius 3 is 2.89 bits per heavy atom. The van der Waals surface area contributed by atoms with Crippen LogP contribution in [-0.4, -0.2) is 35.0 Å². The van der Waals surface area contributed by atoms with E-state index in [1.807, 2.05) is 0 Å². The van der Waals surface area contributed by atoms with Crippen molar-refractivity contribution >= 4 is 5.97 Å². The first-order valence-electron chi connectivity index (χ1n) is 7.15. The molecule has 2 aliphatic carbocycles. The van der Waals surface area contributed by atoms with Gasteiger partial charge in [0.25, 0.3) is 0 Å². The number of ether oxygens (including phenoxy) is 2. The van der Waals surface area contributed by atoms with Crippen LogP contribution in [0.1, 0.15) is 33.1 Å². The first kappa shape index (κ1) is 11.9. The first-order valence-corrected chi connectivity index (χ1v) is 7.15. The summed E-state index contributed by atoms with van der Waals surface area (Å²) in [6.07, 6.45) is 1.97. The second kappa shape index (κ2) is 3.23. The van der Waals surface area contributed by atoms with Gasteiger partial charge in [0.05, 0.1) is 18.1 Å². The molecule has 4 fully saturated rings. The molecule has 1 N–H and O–H groups in total. The Morgan fingerprint density at radius 1 is 1.42 bits per heavy atom. The van der Waals surface area contributed by atoms with E-state index in [9.17, 15) is 9.90 Å². The van der Waals surface area contributed by atoms with Crippen LogP contribution >= 0.6 is 0 Å². The largest absolute Gasteiger partial charge is 0.458 e. The first-order chi connectivity index (χ1) is 8.89. The second-order valence-corrected chi connectivity index (χ2v) is 7.09. The lowest BCUT2D eigenvalue weighted by Crippen LogP contribution is -2.56. The van der Waals surface area contributed by atoms with Crippen LogP contribution in [0.4, 0.5) is 0 Å². The molecule has 0 aromatic heterocycles. The molecular weight excluding hydrogens is 244 g/mol. The number of hydrogen-bond donors (Lipinski definition) is 1. The van der Waals surface area contributed by atoms with E-state index < -0.39 is 0 Å². The number of aliphatic hydroxyl groups excluding tert-OH is 1. The average molecular weight is 264 g/mol. The van der Waals surface area contributed by atoms with Crippen LogP contribution in [-0.2, 0) is 14.3 Å². The van der Waals surface area contributed by atoms with Crippen molar-refractivity contribution in [2.75, 3.05) is 0 Å². The van der Waals surface area contributed by atoms with E-state index in [0.29, 0.717) is 11.5 Å². The topological polar surface area (TPSA) is 59.1 Å². The Balaban J connectivity index is 1.76. The van der Waals surface area contributed by atoms with Crippen LogP contribution in [0, 0.1) is 17.3 Å². The minimum absolute atomic E-state index is 0.0262. The average Bonchev–Trinajstić information content (AvgIpc) is 2.97. The monoisotopic (exact) mass is 264 g/mol. The number of carbonyl (C=O) groups is 1. The number of esters is 1. The van der Waals surface area contributed by atoms with Crippen molar-refractivity contribution in [3.63, 3.8) is 0 Å². The molecule has 0 amide bonds. The summed E-state index contributed by atoms with van der Waals surface area (Å²) in [5.41, 5.74) is 0.303. The van der Waals surface area contributed by atoms with E-state index in [1.54, 1.807) is 0 Å². The second-order valence-electron chi connectivity index (χ2n) is 7.09. The molecule has 1 spiro atoms. The van der Waals surface area contributed by atoms with E-state index in [2.05, 4.69) is 20.4 Å². The van der Waals surface area contributed by atoms with Gasteiger partial charge < -0.3 is 14.6 Å². The fraction of sp³-hybridized carbons (Fsp3) is 0.800. The molecule has 4 nitrogen and oxygen atoms in total. The summed E-state index contributed by atoms with van der Waals surface area (Å²) in [7, 11) is 0. The highest BCUT2D eigenvalue weighted by molar-refractivity contribution is 5.91.